The van der Waals surface area contributed by atoms with E-state index < -0.39 is 46.7 Å². The summed E-state index contributed by atoms with van der Waals surface area (Å²) in [4.78, 5) is 52.7. The minimum Gasteiger partial charge on any atom is -0.369 e. The molecular formula is C19H22ClN4O4+. The number of anilines is 1. The standard InChI is InChI=1S/C19H21ClN4O4/c1-18(2,3)24-15(26)12-10(7-11(21)25)23-19(13(12)16(24)27)8-5-4-6-9(20)14(8)22-17(19)28/h4-6,10,12-13,23H,7H2,1-3H3,(H2,21,25)(H,22,28)/p+1/t10-,12-,13+,19+/m1/s1. The van der Waals surface area contributed by atoms with Crippen LogP contribution in [0.3, 0.4) is 0 Å². The van der Waals surface area contributed by atoms with Crippen molar-refractivity contribution in [3.63, 3.8) is 0 Å². The Morgan fingerprint density at radius 3 is 2.57 bits per heavy atom. The maximum absolute atomic E-state index is 13.4. The van der Waals surface area contributed by atoms with Crippen LogP contribution in [-0.4, -0.2) is 40.1 Å². The lowest BCUT2D eigenvalue weighted by atomic mass is 9.76. The summed E-state index contributed by atoms with van der Waals surface area (Å²) in [7, 11) is 0. The fraction of sp³-hybridized carbons (Fsp3) is 0.474. The van der Waals surface area contributed by atoms with Crippen LogP contribution in [0.2, 0.25) is 5.02 Å². The van der Waals surface area contributed by atoms with E-state index >= 15 is 0 Å². The average Bonchev–Trinajstić information content (AvgIpc) is 3.13. The van der Waals surface area contributed by atoms with E-state index in [0.717, 1.165) is 0 Å². The van der Waals surface area contributed by atoms with E-state index in [1.807, 2.05) is 0 Å². The number of nitrogens with one attached hydrogen (secondary N) is 1. The van der Waals surface area contributed by atoms with Gasteiger partial charge in [-0.3, -0.25) is 24.1 Å². The Hall–Kier alpha value is -2.45. The molecule has 0 aromatic heterocycles. The number of nitrogens with zero attached hydrogens (tertiary/aromatic N) is 1. The molecule has 1 aromatic carbocycles. The highest BCUT2D eigenvalue weighted by Crippen LogP contribution is 2.51. The highest BCUT2D eigenvalue weighted by atomic mass is 35.5. The largest absolute Gasteiger partial charge is 0.369 e. The minimum absolute atomic E-state index is 0.108. The molecule has 2 saturated heterocycles. The number of imide groups is 1. The molecule has 0 aliphatic carbocycles. The van der Waals surface area contributed by atoms with E-state index in [1.165, 1.54) is 4.90 Å². The zero-order valence-electron chi connectivity index (χ0n) is 15.8. The molecule has 2 fully saturated rings. The number of benzene rings is 1. The first-order valence-corrected chi connectivity index (χ1v) is 9.50. The highest BCUT2D eigenvalue weighted by molar-refractivity contribution is 6.35. The van der Waals surface area contributed by atoms with E-state index in [-0.39, 0.29) is 12.3 Å². The van der Waals surface area contributed by atoms with Gasteiger partial charge in [0, 0.05) is 11.1 Å². The van der Waals surface area contributed by atoms with Gasteiger partial charge in [0.25, 0.3) is 5.91 Å². The number of hydrogen-bond donors (Lipinski definition) is 3. The number of likely N-dealkylation sites (tertiary alicyclic amines) is 1. The van der Waals surface area contributed by atoms with Crippen molar-refractivity contribution in [1.82, 2.24) is 4.90 Å². The summed E-state index contributed by atoms with van der Waals surface area (Å²) in [5.74, 6) is -3.51. The van der Waals surface area contributed by atoms with Crippen molar-refractivity contribution < 1.29 is 24.5 Å². The summed E-state index contributed by atoms with van der Waals surface area (Å²) < 4.78 is 0. The lowest BCUT2D eigenvalue weighted by molar-refractivity contribution is -0.732. The number of rotatable bonds is 2. The average molecular weight is 406 g/mol. The molecule has 0 saturated carbocycles. The third kappa shape index (κ3) is 2.28. The van der Waals surface area contributed by atoms with Gasteiger partial charge in [-0.15, -0.1) is 0 Å². The van der Waals surface area contributed by atoms with Crippen LogP contribution in [0.5, 0.6) is 0 Å². The molecule has 1 spiro atoms. The summed E-state index contributed by atoms with van der Waals surface area (Å²) in [6.07, 6.45) is -0.108. The first-order chi connectivity index (χ1) is 13.0. The molecule has 4 amide bonds. The van der Waals surface area contributed by atoms with Gasteiger partial charge in [0.1, 0.15) is 17.9 Å². The zero-order chi connectivity index (χ0) is 20.6. The fourth-order valence-electron chi connectivity index (χ4n) is 5.04. The molecule has 5 N–H and O–H groups in total. The van der Waals surface area contributed by atoms with Crippen LogP contribution in [0.4, 0.5) is 5.69 Å². The summed E-state index contributed by atoms with van der Waals surface area (Å²) in [5.41, 5.74) is 4.31. The number of fused-ring (bicyclic) bond motifs is 4. The molecule has 9 heteroatoms. The number of para-hydroxylation sites is 1. The first kappa shape index (κ1) is 18.9. The van der Waals surface area contributed by atoms with Crippen LogP contribution in [0.1, 0.15) is 32.8 Å². The molecule has 0 radical (unpaired) electrons. The second kappa shape index (κ2) is 5.78. The van der Waals surface area contributed by atoms with Crippen LogP contribution >= 0.6 is 11.6 Å². The van der Waals surface area contributed by atoms with E-state index in [2.05, 4.69) is 5.32 Å². The van der Waals surface area contributed by atoms with Crippen molar-refractivity contribution in [2.45, 2.75) is 44.3 Å². The van der Waals surface area contributed by atoms with Crippen molar-refractivity contribution >= 4 is 40.9 Å². The molecule has 4 rings (SSSR count). The van der Waals surface area contributed by atoms with Crippen LogP contribution in [-0.2, 0) is 24.7 Å². The predicted octanol–water partition coefficient (Wildman–Crippen LogP) is -0.292. The first-order valence-electron chi connectivity index (χ1n) is 9.13. The van der Waals surface area contributed by atoms with Crippen LogP contribution in [0.25, 0.3) is 0 Å². The van der Waals surface area contributed by atoms with Crippen molar-refractivity contribution in [3.8, 4) is 0 Å². The van der Waals surface area contributed by atoms with Gasteiger partial charge in [-0.1, -0.05) is 17.7 Å². The summed E-state index contributed by atoms with van der Waals surface area (Å²) in [6.45, 7) is 5.30. The number of primary amides is 1. The molecule has 8 nitrogen and oxygen atoms in total. The van der Waals surface area contributed by atoms with Crippen LogP contribution < -0.4 is 16.4 Å². The fourth-order valence-corrected chi connectivity index (χ4v) is 5.26. The molecule has 3 heterocycles. The maximum Gasteiger partial charge on any atom is 0.291 e. The van der Waals surface area contributed by atoms with Gasteiger partial charge >= 0.3 is 0 Å². The van der Waals surface area contributed by atoms with E-state index in [1.54, 1.807) is 44.3 Å². The van der Waals surface area contributed by atoms with Crippen molar-refractivity contribution in [2.24, 2.45) is 17.6 Å². The van der Waals surface area contributed by atoms with Crippen LogP contribution in [0, 0.1) is 11.8 Å². The Morgan fingerprint density at radius 1 is 1.29 bits per heavy atom. The number of hydrogen-bond acceptors (Lipinski definition) is 4. The predicted molar refractivity (Wildman–Crippen MR) is 99.9 cm³/mol. The molecule has 0 bridgehead atoms. The lowest BCUT2D eigenvalue weighted by Gasteiger charge is -2.33. The van der Waals surface area contributed by atoms with Gasteiger partial charge in [0.15, 0.2) is 0 Å². The number of quaternary nitrogens is 1. The smallest absolute Gasteiger partial charge is 0.291 e. The molecule has 28 heavy (non-hydrogen) atoms. The molecule has 3 aliphatic rings. The number of nitrogens with two attached hydrogens (primary N) is 2. The molecular weight excluding hydrogens is 384 g/mol. The van der Waals surface area contributed by atoms with Gasteiger partial charge in [0.05, 0.1) is 17.1 Å². The SMILES string of the molecule is CC(C)(C)N1C(=O)[C@H]2[C@@H](C1=O)[C@]1([NH2+][C@@H]2CC(N)=O)C(=O)Nc2c(Cl)cccc21. The number of halogens is 1. The zero-order valence-corrected chi connectivity index (χ0v) is 16.5. The van der Waals surface area contributed by atoms with Crippen molar-refractivity contribution in [2.75, 3.05) is 5.32 Å². The van der Waals surface area contributed by atoms with Gasteiger partial charge in [0.2, 0.25) is 23.3 Å². The summed E-state index contributed by atoms with van der Waals surface area (Å²) >= 11 is 6.26. The molecule has 0 unspecified atom stereocenters. The second-order valence-corrected chi connectivity index (χ2v) is 9.08. The number of carbonyl (C=O) groups excluding carboxylic acids is 4. The van der Waals surface area contributed by atoms with Gasteiger partial charge in [-0.25, -0.2) is 0 Å². The molecule has 4 atom stereocenters. The number of amides is 4. The van der Waals surface area contributed by atoms with Gasteiger partial charge < -0.3 is 16.4 Å². The summed E-state index contributed by atoms with van der Waals surface area (Å²) in [5, 5.41) is 4.80. The van der Waals surface area contributed by atoms with E-state index in [0.29, 0.717) is 16.3 Å². The quantitative estimate of drug-likeness (QED) is 0.584. The Bertz CT molecular complexity index is 940. The monoisotopic (exact) mass is 405 g/mol. The van der Waals surface area contributed by atoms with Crippen LogP contribution in [0.15, 0.2) is 18.2 Å². The molecule has 3 aliphatic heterocycles. The normalized spacial score (nSPS) is 31.4. The Labute approximate surface area is 166 Å². The maximum atomic E-state index is 13.4. The Morgan fingerprint density at radius 2 is 1.96 bits per heavy atom. The highest BCUT2D eigenvalue weighted by Gasteiger charge is 2.75. The molecule has 148 valence electrons. The van der Waals surface area contributed by atoms with Crippen molar-refractivity contribution in [1.29, 1.82) is 0 Å². The Balaban J connectivity index is 1.93. The number of carbonyl (C=O) groups is 4. The lowest BCUT2D eigenvalue weighted by Crippen LogP contribution is -2.99. The Kier molecular flexibility index (Phi) is 3.90. The van der Waals surface area contributed by atoms with Crippen molar-refractivity contribution in [3.05, 3.63) is 28.8 Å². The summed E-state index contributed by atoms with van der Waals surface area (Å²) in [6, 6.07) is 4.48. The van der Waals surface area contributed by atoms with Gasteiger partial charge in [-0.2, -0.15) is 0 Å². The third-order valence-electron chi connectivity index (χ3n) is 5.96. The van der Waals surface area contributed by atoms with Gasteiger partial charge in [-0.05, 0) is 32.9 Å². The topological polar surface area (TPSA) is 126 Å². The van der Waals surface area contributed by atoms with E-state index in [4.69, 9.17) is 17.3 Å². The molecule has 1 aromatic rings. The minimum atomic E-state index is -1.35. The third-order valence-corrected chi connectivity index (χ3v) is 6.28. The van der Waals surface area contributed by atoms with E-state index in [9.17, 15) is 19.2 Å². The second-order valence-electron chi connectivity index (χ2n) is 8.67.